The largest absolute Gasteiger partial charge is 0.481 e. The van der Waals surface area contributed by atoms with Crippen molar-refractivity contribution in [3.63, 3.8) is 0 Å². The Balaban J connectivity index is 1.12. The van der Waals surface area contributed by atoms with Crippen molar-refractivity contribution in [1.82, 2.24) is 20.1 Å². The van der Waals surface area contributed by atoms with Gasteiger partial charge in [-0.25, -0.2) is 4.98 Å². The monoisotopic (exact) mass is 521 g/mol. The fraction of sp³-hybridized carbons (Fsp3) is 0.233. The molecule has 1 aliphatic rings. The summed E-state index contributed by atoms with van der Waals surface area (Å²) in [5, 5.41) is 15.7. The van der Waals surface area contributed by atoms with Crippen LogP contribution < -0.4 is 5.32 Å². The molecule has 0 unspecified atom stereocenters. The van der Waals surface area contributed by atoms with Crippen LogP contribution in [-0.4, -0.2) is 37.1 Å². The second kappa shape index (κ2) is 10.5. The first-order valence-corrected chi connectivity index (χ1v) is 13.0. The number of aliphatic carboxylic acids is 1. The van der Waals surface area contributed by atoms with E-state index in [1.54, 1.807) is 6.07 Å². The molecule has 39 heavy (non-hydrogen) atoms. The van der Waals surface area contributed by atoms with Gasteiger partial charge in [-0.15, -0.1) is 0 Å². The maximum Gasteiger partial charge on any atom is 0.303 e. The molecule has 9 heteroatoms. The molecule has 3 N–H and O–H groups in total. The van der Waals surface area contributed by atoms with Gasteiger partial charge < -0.3 is 19.9 Å². The highest BCUT2D eigenvalue weighted by Gasteiger charge is 2.24. The van der Waals surface area contributed by atoms with Gasteiger partial charge in [0.2, 0.25) is 0 Å². The summed E-state index contributed by atoms with van der Waals surface area (Å²) in [6.45, 7) is 0. The van der Waals surface area contributed by atoms with E-state index in [0.29, 0.717) is 17.5 Å². The molecule has 0 spiro atoms. The number of hydrogen-bond acceptors (Lipinski definition) is 6. The minimum absolute atomic E-state index is 0.0466. The molecule has 1 fully saturated rings. The second-order valence-corrected chi connectivity index (χ2v) is 10.00. The average molecular weight is 522 g/mol. The second-order valence-electron chi connectivity index (χ2n) is 10.00. The number of carboxylic acid groups (broad SMARTS) is 1. The molecule has 0 atom stereocenters. The fourth-order valence-corrected chi connectivity index (χ4v) is 5.28. The standard InChI is InChI=1S/C30H27N5O4/c36-26(37)16-18-6-8-19(9-7-18)20-10-12-21(13-11-20)27-32-24-15-14-23(17-25(24)33-27)31-29(38)28-34-30(39-35-28)22-4-2-1-3-5-22/h1-5,10-15,17-19H,6-9,16H2,(H,31,38)(H,32,33)(H,36,37). The van der Waals surface area contributed by atoms with Gasteiger partial charge in [-0.05, 0) is 73.4 Å². The number of carbonyl (C=O) groups excluding carboxylic acids is 1. The molecule has 2 aromatic heterocycles. The van der Waals surface area contributed by atoms with Crippen LogP contribution in [0.25, 0.3) is 33.9 Å². The zero-order valence-electron chi connectivity index (χ0n) is 21.1. The zero-order valence-corrected chi connectivity index (χ0v) is 21.1. The van der Waals surface area contributed by atoms with E-state index in [1.807, 2.05) is 42.5 Å². The number of rotatable bonds is 7. The van der Waals surface area contributed by atoms with Crippen LogP contribution in [0.1, 0.15) is 54.2 Å². The number of nitrogens with zero attached hydrogens (tertiary/aromatic N) is 3. The van der Waals surface area contributed by atoms with Crippen LogP contribution in [-0.2, 0) is 4.79 Å². The van der Waals surface area contributed by atoms with Gasteiger partial charge in [0.1, 0.15) is 5.82 Å². The molecule has 6 rings (SSSR count). The smallest absolute Gasteiger partial charge is 0.303 e. The van der Waals surface area contributed by atoms with Gasteiger partial charge in [-0.2, -0.15) is 4.98 Å². The van der Waals surface area contributed by atoms with Crippen LogP contribution in [0.5, 0.6) is 0 Å². The van der Waals surface area contributed by atoms with Crippen LogP contribution in [0, 0.1) is 5.92 Å². The minimum Gasteiger partial charge on any atom is -0.481 e. The van der Waals surface area contributed by atoms with Crippen molar-refractivity contribution >= 4 is 28.6 Å². The Kier molecular flexibility index (Phi) is 6.62. The van der Waals surface area contributed by atoms with Gasteiger partial charge >= 0.3 is 5.97 Å². The van der Waals surface area contributed by atoms with E-state index in [1.165, 1.54) is 5.56 Å². The van der Waals surface area contributed by atoms with E-state index in [4.69, 9.17) is 14.6 Å². The van der Waals surface area contributed by atoms with Gasteiger partial charge in [0.25, 0.3) is 17.6 Å². The van der Waals surface area contributed by atoms with E-state index in [9.17, 15) is 9.59 Å². The van der Waals surface area contributed by atoms with E-state index >= 15 is 0 Å². The van der Waals surface area contributed by atoms with Crippen molar-refractivity contribution in [1.29, 1.82) is 0 Å². The summed E-state index contributed by atoms with van der Waals surface area (Å²) in [6, 6.07) is 23.2. The summed E-state index contributed by atoms with van der Waals surface area (Å²) in [5.74, 6) is 0.577. The number of hydrogen-bond donors (Lipinski definition) is 3. The Labute approximate surface area is 224 Å². The van der Waals surface area contributed by atoms with Gasteiger partial charge in [-0.1, -0.05) is 47.6 Å². The van der Waals surface area contributed by atoms with Crippen LogP contribution in [0.2, 0.25) is 0 Å². The molecule has 1 aliphatic carbocycles. The van der Waals surface area contributed by atoms with Gasteiger partial charge in [0, 0.05) is 23.2 Å². The van der Waals surface area contributed by atoms with Crippen LogP contribution >= 0.6 is 0 Å². The van der Waals surface area contributed by atoms with Gasteiger partial charge in [-0.3, -0.25) is 9.59 Å². The minimum atomic E-state index is -0.701. The molecule has 0 bridgehead atoms. The lowest BCUT2D eigenvalue weighted by Crippen LogP contribution is -2.16. The molecule has 0 radical (unpaired) electrons. The zero-order chi connectivity index (χ0) is 26.8. The van der Waals surface area contributed by atoms with Crippen molar-refractivity contribution < 1.29 is 19.2 Å². The van der Waals surface area contributed by atoms with Crippen molar-refractivity contribution in [2.45, 2.75) is 38.0 Å². The summed E-state index contributed by atoms with van der Waals surface area (Å²) in [6.07, 6.45) is 4.24. The van der Waals surface area contributed by atoms with Crippen molar-refractivity contribution in [3.8, 4) is 22.8 Å². The summed E-state index contributed by atoms with van der Waals surface area (Å²) in [4.78, 5) is 36.0. The quantitative estimate of drug-likeness (QED) is 0.229. The number of carbonyl (C=O) groups is 2. The maximum atomic E-state index is 12.7. The van der Waals surface area contributed by atoms with E-state index in [2.05, 4.69) is 44.7 Å². The molecule has 9 nitrogen and oxygen atoms in total. The maximum absolute atomic E-state index is 12.7. The fourth-order valence-electron chi connectivity index (χ4n) is 5.28. The Morgan fingerprint density at radius 1 is 0.923 bits per heavy atom. The lowest BCUT2D eigenvalue weighted by molar-refractivity contribution is -0.138. The Morgan fingerprint density at radius 2 is 1.69 bits per heavy atom. The summed E-state index contributed by atoms with van der Waals surface area (Å²) < 4.78 is 5.24. The Morgan fingerprint density at radius 3 is 2.44 bits per heavy atom. The lowest BCUT2D eigenvalue weighted by Gasteiger charge is -2.28. The van der Waals surface area contributed by atoms with Crippen LogP contribution in [0.15, 0.2) is 77.3 Å². The summed E-state index contributed by atoms with van der Waals surface area (Å²) >= 11 is 0. The molecule has 0 saturated heterocycles. The topological polar surface area (TPSA) is 134 Å². The molecular formula is C30H27N5O4. The number of anilines is 1. The molecule has 2 heterocycles. The SMILES string of the molecule is O=C(O)CC1CCC(c2ccc(-c3nc4ccc(NC(=O)c5noc(-c6ccccc6)n5)cc4[nH]3)cc2)CC1. The normalized spacial score (nSPS) is 17.2. The van der Waals surface area contributed by atoms with Gasteiger partial charge in [0.15, 0.2) is 0 Å². The molecule has 0 aliphatic heterocycles. The Hall–Kier alpha value is -4.79. The molecule has 3 aromatic carbocycles. The summed E-state index contributed by atoms with van der Waals surface area (Å²) in [5.41, 5.74) is 5.16. The first kappa shape index (κ1) is 24.5. The van der Waals surface area contributed by atoms with E-state index < -0.39 is 11.9 Å². The highest BCUT2D eigenvalue weighted by Crippen LogP contribution is 2.37. The number of aromatic nitrogens is 4. The molecule has 196 valence electrons. The van der Waals surface area contributed by atoms with Crippen LogP contribution in [0.4, 0.5) is 5.69 Å². The summed E-state index contributed by atoms with van der Waals surface area (Å²) in [7, 11) is 0. The molecule has 1 amide bonds. The van der Waals surface area contributed by atoms with Crippen molar-refractivity contribution in [3.05, 3.63) is 84.2 Å². The van der Waals surface area contributed by atoms with Crippen molar-refractivity contribution in [2.24, 2.45) is 5.92 Å². The number of carboxylic acids is 1. The predicted molar refractivity (Wildman–Crippen MR) is 146 cm³/mol. The van der Waals surface area contributed by atoms with Crippen molar-refractivity contribution in [2.75, 3.05) is 5.32 Å². The highest BCUT2D eigenvalue weighted by molar-refractivity contribution is 6.02. The number of fused-ring (bicyclic) bond motifs is 1. The number of nitrogens with one attached hydrogen (secondary N) is 2. The highest BCUT2D eigenvalue weighted by atomic mass is 16.5. The van der Waals surface area contributed by atoms with E-state index in [-0.39, 0.29) is 18.1 Å². The Bertz CT molecular complexity index is 1620. The third-order valence-corrected chi connectivity index (χ3v) is 7.36. The third-order valence-electron chi connectivity index (χ3n) is 7.36. The number of H-pyrrole nitrogens is 1. The number of benzene rings is 3. The third kappa shape index (κ3) is 5.43. The first-order valence-electron chi connectivity index (χ1n) is 13.0. The van der Waals surface area contributed by atoms with Gasteiger partial charge in [0.05, 0.1) is 11.0 Å². The number of amides is 1. The molecule has 1 saturated carbocycles. The lowest BCUT2D eigenvalue weighted by atomic mass is 9.77. The molecule has 5 aromatic rings. The van der Waals surface area contributed by atoms with E-state index in [0.717, 1.165) is 53.7 Å². The predicted octanol–water partition coefficient (Wildman–Crippen LogP) is 6.28. The number of imidazole rings is 1. The average Bonchev–Trinajstić information content (AvgIpc) is 3.62. The number of aromatic amines is 1. The van der Waals surface area contributed by atoms with Crippen LogP contribution in [0.3, 0.4) is 0 Å². The first-order chi connectivity index (χ1) is 19.0. The molecular weight excluding hydrogens is 494 g/mol.